The predicted octanol–water partition coefficient (Wildman–Crippen LogP) is 2.72. The van der Waals surface area contributed by atoms with E-state index >= 15 is 0 Å². The number of aliphatic hydroxyl groups is 1. The van der Waals surface area contributed by atoms with E-state index in [1.807, 2.05) is 30.0 Å². The molecule has 0 aliphatic heterocycles. The summed E-state index contributed by atoms with van der Waals surface area (Å²) in [4.78, 5) is 14.8. The largest absolute Gasteiger partial charge is 0.389 e. The van der Waals surface area contributed by atoms with Crippen LogP contribution in [0.4, 0.5) is 4.79 Å². The van der Waals surface area contributed by atoms with Crippen molar-refractivity contribution in [3.8, 4) is 0 Å². The minimum Gasteiger partial charge on any atom is -0.389 e. The summed E-state index contributed by atoms with van der Waals surface area (Å²) in [5.74, 6) is 0. The molecule has 1 fully saturated rings. The highest BCUT2D eigenvalue weighted by atomic mass is 32.2. The maximum absolute atomic E-state index is 12.0. The SMILES string of the molecule is CN(CC(C)(C)O)C(=O)NCC1(Sc2ccccc2)CC1. The molecule has 0 radical (unpaired) electrons. The normalized spacial score (nSPS) is 16.4. The first-order valence-electron chi connectivity index (χ1n) is 7.25. The van der Waals surface area contributed by atoms with E-state index in [0.717, 1.165) is 12.8 Å². The molecule has 5 heteroatoms. The summed E-state index contributed by atoms with van der Waals surface area (Å²) in [6.45, 7) is 4.38. The lowest BCUT2D eigenvalue weighted by Gasteiger charge is -2.26. The minimum absolute atomic E-state index is 0.128. The Hall–Kier alpha value is -1.20. The van der Waals surface area contributed by atoms with Crippen LogP contribution in [0, 0.1) is 0 Å². The fraction of sp³-hybridized carbons (Fsp3) is 0.562. The quantitative estimate of drug-likeness (QED) is 0.849. The van der Waals surface area contributed by atoms with E-state index in [-0.39, 0.29) is 10.8 Å². The van der Waals surface area contributed by atoms with Gasteiger partial charge in [-0.3, -0.25) is 0 Å². The number of carbonyl (C=O) groups is 1. The van der Waals surface area contributed by atoms with Crippen molar-refractivity contribution in [2.75, 3.05) is 20.1 Å². The number of likely N-dealkylation sites (N-methyl/N-ethyl adjacent to an activating group) is 1. The molecule has 1 aromatic rings. The van der Waals surface area contributed by atoms with Gasteiger partial charge in [0.05, 0.1) is 12.1 Å². The first kappa shape index (κ1) is 16.2. The molecule has 4 nitrogen and oxygen atoms in total. The zero-order chi connectivity index (χ0) is 15.5. The van der Waals surface area contributed by atoms with Gasteiger partial charge in [0.15, 0.2) is 0 Å². The highest BCUT2D eigenvalue weighted by Gasteiger charge is 2.44. The van der Waals surface area contributed by atoms with Crippen molar-refractivity contribution in [1.29, 1.82) is 0 Å². The number of benzene rings is 1. The molecule has 0 bridgehead atoms. The van der Waals surface area contributed by atoms with Gasteiger partial charge in [-0.2, -0.15) is 0 Å². The van der Waals surface area contributed by atoms with Crippen molar-refractivity contribution in [3.05, 3.63) is 30.3 Å². The molecule has 2 rings (SSSR count). The average molecular weight is 308 g/mol. The lowest BCUT2D eigenvalue weighted by Crippen LogP contribution is -2.46. The third kappa shape index (κ3) is 5.25. The van der Waals surface area contributed by atoms with E-state index in [1.54, 1.807) is 20.9 Å². The summed E-state index contributed by atoms with van der Waals surface area (Å²) in [7, 11) is 1.71. The van der Waals surface area contributed by atoms with Crippen LogP contribution in [-0.2, 0) is 0 Å². The van der Waals surface area contributed by atoms with Crippen LogP contribution in [0.25, 0.3) is 0 Å². The average Bonchev–Trinajstić information content (AvgIpc) is 3.15. The summed E-state index contributed by atoms with van der Waals surface area (Å²) >= 11 is 1.84. The lowest BCUT2D eigenvalue weighted by molar-refractivity contribution is 0.0532. The van der Waals surface area contributed by atoms with E-state index in [1.165, 1.54) is 9.80 Å². The number of carbonyl (C=O) groups excluding carboxylic acids is 1. The molecule has 0 spiro atoms. The van der Waals surface area contributed by atoms with Crippen LogP contribution in [0.15, 0.2) is 35.2 Å². The van der Waals surface area contributed by atoms with Crippen LogP contribution in [0.1, 0.15) is 26.7 Å². The van der Waals surface area contributed by atoms with Crippen LogP contribution >= 0.6 is 11.8 Å². The number of nitrogens with one attached hydrogen (secondary N) is 1. The first-order valence-corrected chi connectivity index (χ1v) is 8.07. The molecule has 0 unspecified atom stereocenters. The van der Waals surface area contributed by atoms with Crippen molar-refractivity contribution >= 4 is 17.8 Å². The Morgan fingerprint density at radius 3 is 2.52 bits per heavy atom. The Morgan fingerprint density at radius 2 is 2.00 bits per heavy atom. The molecule has 0 heterocycles. The second-order valence-electron chi connectivity index (χ2n) is 6.43. The highest BCUT2D eigenvalue weighted by Crippen LogP contribution is 2.51. The van der Waals surface area contributed by atoms with Gasteiger partial charge >= 0.3 is 6.03 Å². The van der Waals surface area contributed by atoms with E-state index < -0.39 is 5.60 Å². The molecule has 0 aromatic heterocycles. The second-order valence-corrected chi connectivity index (χ2v) is 7.97. The van der Waals surface area contributed by atoms with Gasteiger partial charge in [0.1, 0.15) is 0 Å². The molecule has 1 aliphatic carbocycles. The first-order chi connectivity index (χ1) is 9.80. The van der Waals surface area contributed by atoms with E-state index in [4.69, 9.17) is 0 Å². The molecule has 1 aliphatic rings. The topological polar surface area (TPSA) is 52.6 Å². The fourth-order valence-corrected chi connectivity index (χ4v) is 3.46. The van der Waals surface area contributed by atoms with Gasteiger partial charge < -0.3 is 15.3 Å². The van der Waals surface area contributed by atoms with Crippen LogP contribution in [0.3, 0.4) is 0 Å². The Labute approximate surface area is 130 Å². The van der Waals surface area contributed by atoms with Gasteiger partial charge in [0.25, 0.3) is 0 Å². The van der Waals surface area contributed by atoms with Crippen molar-refractivity contribution in [2.45, 2.75) is 41.9 Å². The summed E-state index contributed by atoms with van der Waals surface area (Å²) < 4.78 is 0.145. The Bertz CT molecular complexity index is 481. The Balaban J connectivity index is 1.81. The van der Waals surface area contributed by atoms with Crippen LogP contribution < -0.4 is 5.32 Å². The van der Waals surface area contributed by atoms with Crippen LogP contribution in [0.2, 0.25) is 0 Å². The molecule has 1 aromatic carbocycles. The highest BCUT2D eigenvalue weighted by molar-refractivity contribution is 8.01. The van der Waals surface area contributed by atoms with Crippen molar-refractivity contribution in [3.63, 3.8) is 0 Å². The predicted molar refractivity (Wildman–Crippen MR) is 86.6 cm³/mol. The number of hydrogen-bond donors (Lipinski definition) is 2. The molecule has 2 amide bonds. The monoisotopic (exact) mass is 308 g/mol. The standard InChI is InChI=1S/C16H24N2O2S/c1-15(2,20)12-18(3)14(19)17-11-16(9-10-16)21-13-7-5-4-6-8-13/h4-8,20H,9-12H2,1-3H3,(H,17,19). The summed E-state index contributed by atoms with van der Waals surface area (Å²) in [5, 5.41) is 12.7. The van der Waals surface area contributed by atoms with E-state index in [0.29, 0.717) is 13.1 Å². The zero-order valence-electron chi connectivity index (χ0n) is 12.9. The molecule has 1 saturated carbocycles. The van der Waals surface area contributed by atoms with Crippen LogP contribution in [0.5, 0.6) is 0 Å². The second kappa shape index (κ2) is 6.28. The third-order valence-corrected chi connectivity index (χ3v) is 4.91. The van der Waals surface area contributed by atoms with Crippen molar-refractivity contribution in [2.24, 2.45) is 0 Å². The Kier molecular flexibility index (Phi) is 4.84. The smallest absolute Gasteiger partial charge is 0.317 e. The number of rotatable bonds is 6. The molecule has 0 atom stereocenters. The van der Waals surface area contributed by atoms with Crippen molar-refractivity contribution in [1.82, 2.24) is 10.2 Å². The van der Waals surface area contributed by atoms with Gasteiger partial charge in [-0.1, -0.05) is 18.2 Å². The fourth-order valence-electron chi connectivity index (χ4n) is 2.22. The van der Waals surface area contributed by atoms with E-state index in [9.17, 15) is 9.90 Å². The van der Waals surface area contributed by atoms with Crippen LogP contribution in [-0.4, -0.2) is 46.5 Å². The summed E-state index contributed by atoms with van der Waals surface area (Å²) in [6, 6.07) is 10.2. The molecular weight excluding hydrogens is 284 g/mol. The third-order valence-electron chi connectivity index (χ3n) is 3.42. The summed E-state index contributed by atoms with van der Waals surface area (Å²) in [6.07, 6.45) is 2.25. The Morgan fingerprint density at radius 1 is 1.38 bits per heavy atom. The van der Waals surface area contributed by atoms with Gasteiger partial charge in [-0.05, 0) is 38.8 Å². The van der Waals surface area contributed by atoms with E-state index in [2.05, 4.69) is 17.4 Å². The zero-order valence-corrected chi connectivity index (χ0v) is 13.7. The van der Waals surface area contributed by atoms with Gasteiger partial charge in [0.2, 0.25) is 0 Å². The number of urea groups is 1. The minimum atomic E-state index is -0.873. The number of nitrogens with zero attached hydrogens (tertiary/aromatic N) is 1. The maximum Gasteiger partial charge on any atom is 0.317 e. The lowest BCUT2D eigenvalue weighted by atomic mass is 10.1. The number of hydrogen-bond acceptors (Lipinski definition) is 3. The maximum atomic E-state index is 12.0. The van der Waals surface area contributed by atoms with Gasteiger partial charge in [-0.25, -0.2) is 4.79 Å². The molecular formula is C16H24N2O2S. The number of thioether (sulfide) groups is 1. The molecule has 0 saturated heterocycles. The number of amides is 2. The van der Waals surface area contributed by atoms with Crippen molar-refractivity contribution < 1.29 is 9.90 Å². The molecule has 116 valence electrons. The van der Waals surface area contributed by atoms with Gasteiger partial charge in [-0.15, -0.1) is 11.8 Å². The molecule has 2 N–H and O–H groups in total. The summed E-state index contributed by atoms with van der Waals surface area (Å²) in [5.41, 5.74) is -0.873. The molecule has 21 heavy (non-hydrogen) atoms. The van der Waals surface area contributed by atoms with Gasteiger partial charge in [0, 0.05) is 23.2 Å².